The summed E-state index contributed by atoms with van der Waals surface area (Å²) in [5.41, 5.74) is 2.82. The Morgan fingerprint density at radius 3 is 2.55 bits per heavy atom. The second-order valence-electron chi connectivity index (χ2n) is 8.20. The third kappa shape index (κ3) is 4.55. The molecule has 1 aliphatic heterocycles. The standard InChI is InChI=1S/C25H26N4O4/c1-2-28(16-24(30)26-18-10-11-22-23(14-18)33-13-12-32-22)25(31)21-15-20(17-8-9-17)27-29(21)19-6-4-3-5-7-19/h3-7,10-11,14-15,17H,2,8-9,12-13,16H2,1H3,(H,26,30). The van der Waals surface area contributed by atoms with Gasteiger partial charge in [-0.25, -0.2) is 4.68 Å². The normalized spacial score (nSPS) is 14.6. The van der Waals surface area contributed by atoms with Gasteiger partial charge in [0.1, 0.15) is 25.5 Å². The van der Waals surface area contributed by atoms with Gasteiger partial charge >= 0.3 is 0 Å². The summed E-state index contributed by atoms with van der Waals surface area (Å²) in [6, 6.07) is 16.7. The maximum absolute atomic E-state index is 13.5. The maximum atomic E-state index is 13.5. The number of ether oxygens (including phenoxy) is 2. The Kier molecular flexibility index (Phi) is 5.73. The first kappa shape index (κ1) is 21.1. The molecule has 1 fully saturated rings. The lowest BCUT2D eigenvalue weighted by molar-refractivity contribution is -0.116. The van der Waals surface area contributed by atoms with Crippen LogP contribution >= 0.6 is 0 Å². The highest BCUT2D eigenvalue weighted by atomic mass is 16.6. The molecule has 2 aliphatic rings. The lowest BCUT2D eigenvalue weighted by Gasteiger charge is -2.21. The molecule has 0 spiro atoms. The van der Waals surface area contributed by atoms with Crippen LogP contribution in [0, 0.1) is 0 Å². The molecule has 3 aromatic rings. The van der Waals surface area contributed by atoms with Gasteiger partial charge in [0.15, 0.2) is 11.5 Å². The van der Waals surface area contributed by atoms with E-state index in [0.29, 0.717) is 48.6 Å². The number of carbonyl (C=O) groups excluding carboxylic acids is 2. The molecule has 1 aliphatic carbocycles. The molecule has 0 atom stereocenters. The molecule has 1 saturated carbocycles. The van der Waals surface area contributed by atoms with Gasteiger partial charge in [-0.1, -0.05) is 18.2 Å². The maximum Gasteiger partial charge on any atom is 0.273 e. The molecule has 8 heteroatoms. The molecular formula is C25H26N4O4. The zero-order valence-corrected chi connectivity index (χ0v) is 18.5. The van der Waals surface area contributed by atoms with Gasteiger partial charge in [0.05, 0.1) is 11.4 Å². The lowest BCUT2D eigenvalue weighted by Crippen LogP contribution is -2.38. The van der Waals surface area contributed by atoms with E-state index in [4.69, 9.17) is 14.6 Å². The largest absolute Gasteiger partial charge is 0.486 e. The van der Waals surface area contributed by atoms with Crippen LogP contribution in [0.4, 0.5) is 5.69 Å². The van der Waals surface area contributed by atoms with Crippen molar-refractivity contribution in [3.05, 3.63) is 66.0 Å². The number of likely N-dealkylation sites (N-methyl/N-ethyl adjacent to an activating group) is 1. The minimum Gasteiger partial charge on any atom is -0.486 e. The Balaban J connectivity index is 1.33. The number of nitrogens with one attached hydrogen (secondary N) is 1. The first-order valence-corrected chi connectivity index (χ1v) is 11.3. The second kappa shape index (κ2) is 8.97. The molecule has 0 radical (unpaired) electrons. The Hall–Kier alpha value is -3.81. The van der Waals surface area contributed by atoms with Crippen molar-refractivity contribution in [2.45, 2.75) is 25.7 Å². The number of amides is 2. The van der Waals surface area contributed by atoms with Crippen molar-refractivity contribution < 1.29 is 19.1 Å². The topological polar surface area (TPSA) is 85.7 Å². The highest BCUT2D eigenvalue weighted by Crippen LogP contribution is 2.40. The summed E-state index contributed by atoms with van der Waals surface area (Å²) in [7, 11) is 0. The van der Waals surface area contributed by atoms with Crippen LogP contribution in [0.2, 0.25) is 0 Å². The van der Waals surface area contributed by atoms with Crippen LogP contribution in [0.15, 0.2) is 54.6 Å². The molecule has 0 saturated heterocycles. The fourth-order valence-corrected chi connectivity index (χ4v) is 3.88. The van der Waals surface area contributed by atoms with Gasteiger partial charge in [-0.2, -0.15) is 5.10 Å². The molecule has 170 valence electrons. The van der Waals surface area contributed by atoms with Crippen LogP contribution in [0.25, 0.3) is 5.69 Å². The van der Waals surface area contributed by atoms with Crippen LogP contribution in [0.3, 0.4) is 0 Å². The van der Waals surface area contributed by atoms with E-state index in [9.17, 15) is 9.59 Å². The molecule has 0 bridgehead atoms. The summed E-state index contributed by atoms with van der Waals surface area (Å²) < 4.78 is 12.8. The van der Waals surface area contributed by atoms with Crippen LogP contribution in [-0.2, 0) is 4.79 Å². The van der Waals surface area contributed by atoms with E-state index in [1.54, 1.807) is 22.9 Å². The van der Waals surface area contributed by atoms with Crippen molar-refractivity contribution in [1.82, 2.24) is 14.7 Å². The number of benzene rings is 2. The van der Waals surface area contributed by atoms with Crippen molar-refractivity contribution in [3.8, 4) is 17.2 Å². The predicted molar refractivity (Wildman–Crippen MR) is 123 cm³/mol. The molecule has 2 heterocycles. The first-order chi connectivity index (χ1) is 16.1. The molecule has 8 nitrogen and oxygen atoms in total. The van der Waals surface area contributed by atoms with Crippen LogP contribution in [0.5, 0.6) is 11.5 Å². The minimum absolute atomic E-state index is 0.0670. The summed E-state index contributed by atoms with van der Waals surface area (Å²) in [5, 5.41) is 7.56. The third-order valence-corrected chi connectivity index (χ3v) is 5.77. The highest BCUT2D eigenvalue weighted by molar-refractivity contribution is 5.99. The smallest absolute Gasteiger partial charge is 0.273 e. The quantitative estimate of drug-likeness (QED) is 0.599. The van der Waals surface area contributed by atoms with Crippen molar-refractivity contribution in [3.63, 3.8) is 0 Å². The summed E-state index contributed by atoms with van der Waals surface area (Å²) in [4.78, 5) is 27.7. The van der Waals surface area contributed by atoms with Crippen molar-refractivity contribution >= 4 is 17.5 Å². The van der Waals surface area contributed by atoms with E-state index in [-0.39, 0.29) is 18.4 Å². The first-order valence-electron chi connectivity index (χ1n) is 11.3. The van der Waals surface area contributed by atoms with Gasteiger partial charge in [0.25, 0.3) is 5.91 Å². The lowest BCUT2D eigenvalue weighted by atomic mass is 10.2. The van der Waals surface area contributed by atoms with Gasteiger partial charge in [-0.15, -0.1) is 0 Å². The van der Waals surface area contributed by atoms with Gasteiger partial charge in [0.2, 0.25) is 5.91 Å². The average Bonchev–Trinajstić information content (AvgIpc) is 3.60. The van der Waals surface area contributed by atoms with Crippen LogP contribution in [-0.4, -0.2) is 52.8 Å². The van der Waals surface area contributed by atoms with Crippen molar-refractivity contribution in [1.29, 1.82) is 0 Å². The van der Waals surface area contributed by atoms with E-state index in [1.165, 1.54) is 4.90 Å². The third-order valence-electron chi connectivity index (χ3n) is 5.77. The Labute approximate surface area is 192 Å². The van der Waals surface area contributed by atoms with Gasteiger partial charge < -0.3 is 19.7 Å². The number of carbonyl (C=O) groups is 2. The minimum atomic E-state index is -0.282. The molecule has 1 aromatic heterocycles. The van der Waals surface area contributed by atoms with Crippen LogP contribution in [0.1, 0.15) is 41.9 Å². The van der Waals surface area contributed by atoms with Crippen LogP contribution < -0.4 is 14.8 Å². The summed E-state index contributed by atoms with van der Waals surface area (Å²) in [5.74, 6) is 1.16. The molecule has 2 amide bonds. The highest BCUT2D eigenvalue weighted by Gasteiger charge is 2.30. The fourth-order valence-electron chi connectivity index (χ4n) is 3.88. The van der Waals surface area contributed by atoms with E-state index in [2.05, 4.69) is 5.32 Å². The number of aromatic nitrogens is 2. The molecule has 0 unspecified atom stereocenters. The number of rotatable bonds is 7. The van der Waals surface area contributed by atoms with Gasteiger partial charge in [-0.05, 0) is 50.1 Å². The number of para-hydroxylation sites is 1. The van der Waals surface area contributed by atoms with E-state index < -0.39 is 0 Å². The number of hydrogen-bond donors (Lipinski definition) is 1. The van der Waals surface area contributed by atoms with Gasteiger partial charge in [0, 0.05) is 24.2 Å². The Bertz CT molecular complexity index is 1170. The van der Waals surface area contributed by atoms with E-state index in [1.807, 2.05) is 43.3 Å². The van der Waals surface area contributed by atoms with Crippen molar-refractivity contribution in [2.24, 2.45) is 0 Å². The number of nitrogens with zero attached hydrogens (tertiary/aromatic N) is 3. The summed E-state index contributed by atoms with van der Waals surface area (Å²) in [6.07, 6.45) is 2.18. The SMILES string of the molecule is CCN(CC(=O)Nc1ccc2c(c1)OCCO2)C(=O)c1cc(C2CC2)nn1-c1ccccc1. The average molecular weight is 447 g/mol. The summed E-state index contributed by atoms with van der Waals surface area (Å²) in [6.45, 7) is 3.17. The van der Waals surface area contributed by atoms with E-state index >= 15 is 0 Å². The zero-order chi connectivity index (χ0) is 22.8. The molecule has 33 heavy (non-hydrogen) atoms. The number of anilines is 1. The molecular weight excluding hydrogens is 420 g/mol. The van der Waals surface area contributed by atoms with Gasteiger partial charge in [-0.3, -0.25) is 9.59 Å². The number of fused-ring (bicyclic) bond motifs is 1. The van der Waals surface area contributed by atoms with Crippen molar-refractivity contribution in [2.75, 3.05) is 31.6 Å². The predicted octanol–water partition coefficient (Wildman–Crippen LogP) is 3.62. The number of hydrogen-bond acceptors (Lipinski definition) is 5. The zero-order valence-electron chi connectivity index (χ0n) is 18.5. The molecule has 2 aromatic carbocycles. The molecule has 1 N–H and O–H groups in total. The fraction of sp³-hybridized carbons (Fsp3) is 0.320. The Morgan fingerprint density at radius 2 is 1.82 bits per heavy atom. The van der Waals surface area contributed by atoms with E-state index in [0.717, 1.165) is 24.2 Å². The monoisotopic (exact) mass is 446 g/mol. The molecule has 5 rings (SSSR count). The Morgan fingerprint density at radius 1 is 1.06 bits per heavy atom. The summed E-state index contributed by atoms with van der Waals surface area (Å²) >= 11 is 0. The second-order valence-corrected chi connectivity index (χ2v) is 8.20.